The summed E-state index contributed by atoms with van der Waals surface area (Å²) >= 11 is 0. The van der Waals surface area contributed by atoms with Gasteiger partial charge in [-0.2, -0.15) is 0 Å². The molecule has 2 nitrogen and oxygen atoms in total. The van der Waals surface area contributed by atoms with E-state index in [9.17, 15) is 0 Å². The molecule has 0 amide bonds. The van der Waals surface area contributed by atoms with Crippen LogP contribution in [0.1, 0.15) is 37.5 Å². The first-order chi connectivity index (χ1) is 7.33. The molecule has 0 fully saturated rings. The Morgan fingerprint density at radius 1 is 1.12 bits per heavy atom. The van der Waals surface area contributed by atoms with E-state index < -0.39 is 0 Å². The van der Waals surface area contributed by atoms with Gasteiger partial charge in [0.05, 0.1) is 12.6 Å². The normalized spacial score (nSPS) is 12.1. The quantitative estimate of drug-likeness (QED) is 0.697. The van der Waals surface area contributed by atoms with Crippen LogP contribution in [0.4, 0.5) is 0 Å². The fourth-order valence-corrected chi connectivity index (χ4v) is 1.43. The minimum Gasteiger partial charge on any atom is -0.496 e. The van der Waals surface area contributed by atoms with Gasteiger partial charge in [0, 0.05) is 6.21 Å². The summed E-state index contributed by atoms with van der Waals surface area (Å²) in [5.74, 6) is 0.936. The second-order valence-corrected chi connectivity index (χ2v) is 5.11. The van der Waals surface area contributed by atoms with Crippen LogP contribution in [-0.4, -0.2) is 18.9 Å². The summed E-state index contributed by atoms with van der Waals surface area (Å²) in [5.41, 5.74) is 3.47. The van der Waals surface area contributed by atoms with Gasteiger partial charge in [-0.15, -0.1) is 0 Å². The van der Waals surface area contributed by atoms with Gasteiger partial charge in [-0.25, -0.2) is 0 Å². The zero-order valence-electron chi connectivity index (χ0n) is 11.1. The molecule has 0 aliphatic heterocycles. The Morgan fingerprint density at radius 3 is 2.25 bits per heavy atom. The molecule has 0 unspecified atom stereocenters. The van der Waals surface area contributed by atoms with Crippen molar-refractivity contribution in [2.75, 3.05) is 7.11 Å². The van der Waals surface area contributed by atoms with Crippen LogP contribution in [0, 0.1) is 13.8 Å². The highest BCUT2D eigenvalue weighted by Crippen LogP contribution is 2.21. The summed E-state index contributed by atoms with van der Waals surface area (Å²) in [5, 5.41) is 0. The molecule has 88 valence electrons. The van der Waals surface area contributed by atoms with Crippen LogP contribution in [0.2, 0.25) is 0 Å². The molecule has 1 rings (SSSR count). The van der Waals surface area contributed by atoms with E-state index in [2.05, 4.69) is 44.8 Å². The number of nitrogens with zero attached hydrogens (tertiary/aromatic N) is 1. The maximum atomic E-state index is 5.28. The predicted octanol–water partition coefficient (Wildman–Crippen LogP) is 3.53. The van der Waals surface area contributed by atoms with Crippen LogP contribution in [0.3, 0.4) is 0 Å². The molecule has 0 heterocycles. The van der Waals surface area contributed by atoms with Crippen molar-refractivity contribution in [1.29, 1.82) is 0 Å². The molecule has 0 N–H and O–H groups in total. The Hall–Kier alpha value is -1.31. The lowest BCUT2D eigenvalue weighted by Gasteiger charge is -2.12. The molecule has 0 saturated carbocycles. The van der Waals surface area contributed by atoms with Crippen LogP contribution in [0.25, 0.3) is 0 Å². The van der Waals surface area contributed by atoms with Crippen molar-refractivity contribution in [2.45, 2.75) is 40.2 Å². The van der Waals surface area contributed by atoms with Crippen LogP contribution >= 0.6 is 0 Å². The molecular weight excluding hydrogens is 198 g/mol. The standard InChI is InChI=1S/C14H21NO/c1-10-8-13(16-6)11(2)7-12(10)9-15-14(3,4)5/h7-9H,1-6H3. The van der Waals surface area contributed by atoms with Gasteiger partial charge in [0.1, 0.15) is 5.75 Å². The first kappa shape index (κ1) is 12.8. The highest BCUT2D eigenvalue weighted by atomic mass is 16.5. The lowest BCUT2D eigenvalue weighted by molar-refractivity contribution is 0.411. The van der Waals surface area contributed by atoms with Crippen molar-refractivity contribution in [3.05, 3.63) is 28.8 Å². The SMILES string of the molecule is COc1cc(C)c(C=NC(C)(C)C)cc1C. The predicted molar refractivity (Wildman–Crippen MR) is 69.8 cm³/mol. The van der Waals surface area contributed by atoms with Crippen molar-refractivity contribution in [2.24, 2.45) is 4.99 Å². The van der Waals surface area contributed by atoms with Gasteiger partial charge in [-0.1, -0.05) is 0 Å². The number of ether oxygens (including phenoxy) is 1. The summed E-state index contributed by atoms with van der Waals surface area (Å²) < 4.78 is 5.28. The number of aliphatic imine (C=N–C) groups is 1. The second-order valence-electron chi connectivity index (χ2n) is 5.11. The number of rotatable bonds is 2. The molecule has 0 atom stereocenters. The molecule has 0 bridgehead atoms. The van der Waals surface area contributed by atoms with Gasteiger partial charge < -0.3 is 4.74 Å². The number of hydrogen-bond acceptors (Lipinski definition) is 2. The molecule has 0 aliphatic rings. The zero-order chi connectivity index (χ0) is 12.3. The molecule has 0 spiro atoms. The van der Waals surface area contributed by atoms with Crippen molar-refractivity contribution < 1.29 is 4.74 Å². The van der Waals surface area contributed by atoms with Crippen molar-refractivity contribution >= 4 is 6.21 Å². The minimum absolute atomic E-state index is 0.0275. The van der Waals surface area contributed by atoms with E-state index >= 15 is 0 Å². The molecular formula is C14H21NO. The number of hydrogen-bond donors (Lipinski definition) is 0. The van der Waals surface area contributed by atoms with Crippen LogP contribution in [0.5, 0.6) is 5.75 Å². The summed E-state index contributed by atoms with van der Waals surface area (Å²) in [4.78, 5) is 4.52. The van der Waals surface area contributed by atoms with Crippen molar-refractivity contribution in [3.63, 3.8) is 0 Å². The number of aryl methyl sites for hydroxylation is 2. The summed E-state index contributed by atoms with van der Waals surface area (Å²) in [6.45, 7) is 10.4. The Balaban J connectivity index is 3.07. The van der Waals surface area contributed by atoms with E-state index in [1.165, 1.54) is 5.56 Å². The lowest BCUT2D eigenvalue weighted by atomic mass is 10.0. The third-order valence-electron chi connectivity index (χ3n) is 2.37. The van der Waals surface area contributed by atoms with E-state index in [-0.39, 0.29) is 5.54 Å². The second kappa shape index (κ2) is 4.69. The Morgan fingerprint density at radius 2 is 1.75 bits per heavy atom. The topological polar surface area (TPSA) is 21.6 Å². The fourth-order valence-electron chi connectivity index (χ4n) is 1.43. The number of benzene rings is 1. The lowest BCUT2D eigenvalue weighted by Crippen LogP contribution is -2.10. The Bertz CT molecular complexity index is 400. The fraction of sp³-hybridized carbons (Fsp3) is 0.500. The maximum absolute atomic E-state index is 5.28. The van der Waals surface area contributed by atoms with Crippen LogP contribution < -0.4 is 4.74 Å². The third kappa shape index (κ3) is 3.37. The monoisotopic (exact) mass is 219 g/mol. The zero-order valence-corrected chi connectivity index (χ0v) is 11.1. The van der Waals surface area contributed by atoms with Gasteiger partial charge in [0.2, 0.25) is 0 Å². The molecule has 1 aromatic carbocycles. The van der Waals surface area contributed by atoms with E-state index in [1.54, 1.807) is 7.11 Å². The Labute approximate surface area is 98.4 Å². The van der Waals surface area contributed by atoms with E-state index in [4.69, 9.17) is 4.74 Å². The van der Waals surface area contributed by atoms with Crippen molar-refractivity contribution in [3.8, 4) is 5.75 Å². The summed E-state index contributed by atoms with van der Waals surface area (Å²) in [6, 6.07) is 4.17. The minimum atomic E-state index is -0.0275. The van der Waals surface area contributed by atoms with E-state index in [0.717, 1.165) is 16.9 Å². The molecule has 0 aliphatic carbocycles. The molecule has 2 heteroatoms. The average molecular weight is 219 g/mol. The largest absolute Gasteiger partial charge is 0.496 e. The van der Waals surface area contributed by atoms with Gasteiger partial charge in [-0.05, 0) is 63.4 Å². The highest BCUT2D eigenvalue weighted by Gasteiger charge is 2.07. The van der Waals surface area contributed by atoms with E-state index in [1.807, 2.05) is 13.1 Å². The molecule has 16 heavy (non-hydrogen) atoms. The summed E-state index contributed by atoms with van der Waals surface area (Å²) in [6.07, 6.45) is 1.95. The highest BCUT2D eigenvalue weighted by molar-refractivity contribution is 5.82. The van der Waals surface area contributed by atoms with Crippen LogP contribution in [-0.2, 0) is 0 Å². The van der Waals surface area contributed by atoms with Crippen LogP contribution in [0.15, 0.2) is 17.1 Å². The smallest absolute Gasteiger partial charge is 0.122 e. The Kier molecular flexibility index (Phi) is 3.74. The maximum Gasteiger partial charge on any atom is 0.122 e. The molecule has 1 aromatic rings. The van der Waals surface area contributed by atoms with Gasteiger partial charge in [-0.3, -0.25) is 4.99 Å². The summed E-state index contributed by atoms with van der Waals surface area (Å²) in [7, 11) is 1.70. The molecule has 0 radical (unpaired) electrons. The van der Waals surface area contributed by atoms with Gasteiger partial charge in [0.15, 0.2) is 0 Å². The number of methoxy groups -OCH3 is 1. The molecule has 0 saturated heterocycles. The van der Waals surface area contributed by atoms with Gasteiger partial charge >= 0.3 is 0 Å². The van der Waals surface area contributed by atoms with Gasteiger partial charge in [0.25, 0.3) is 0 Å². The van der Waals surface area contributed by atoms with Crippen molar-refractivity contribution in [1.82, 2.24) is 0 Å². The first-order valence-corrected chi connectivity index (χ1v) is 5.54. The average Bonchev–Trinajstić information content (AvgIpc) is 2.17. The third-order valence-corrected chi connectivity index (χ3v) is 2.37. The van der Waals surface area contributed by atoms with E-state index in [0.29, 0.717) is 0 Å². The first-order valence-electron chi connectivity index (χ1n) is 5.54. The molecule has 0 aromatic heterocycles.